The zero-order chi connectivity index (χ0) is 15.2. The third-order valence-corrected chi connectivity index (χ3v) is 2.71. The SMILES string of the molecule is O=C(/C=C/c1ccccc1)Nc1cccc(F)c1C(=O)O. The van der Waals surface area contributed by atoms with Crippen LogP contribution in [0.1, 0.15) is 15.9 Å². The topological polar surface area (TPSA) is 66.4 Å². The van der Waals surface area contributed by atoms with E-state index in [1.54, 1.807) is 6.08 Å². The van der Waals surface area contributed by atoms with Crippen molar-refractivity contribution in [3.05, 3.63) is 71.6 Å². The van der Waals surface area contributed by atoms with Gasteiger partial charge < -0.3 is 10.4 Å². The van der Waals surface area contributed by atoms with Crippen molar-refractivity contribution >= 4 is 23.6 Å². The van der Waals surface area contributed by atoms with E-state index in [-0.39, 0.29) is 5.69 Å². The van der Waals surface area contributed by atoms with E-state index in [4.69, 9.17) is 5.11 Å². The Morgan fingerprint density at radius 2 is 1.76 bits per heavy atom. The number of carbonyl (C=O) groups excluding carboxylic acids is 1. The summed E-state index contributed by atoms with van der Waals surface area (Å²) in [5.74, 6) is -2.87. The molecule has 2 N–H and O–H groups in total. The molecule has 5 heteroatoms. The molecule has 2 rings (SSSR count). The summed E-state index contributed by atoms with van der Waals surface area (Å²) in [4.78, 5) is 22.8. The number of carboxylic acids is 1. The Kier molecular flexibility index (Phi) is 4.46. The molecule has 2 aromatic rings. The number of amides is 1. The van der Waals surface area contributed by atoms with Crippen molar-refractivity contribution in [1.82, 2.24) is 0 Å². The Labute approximate surface area is 120 Å². The molecule has 2 aromatic carbocycles. The first-order valence-corrected chi connectivity index (χ1v) is 6.14. The van der Waals surface area contributed by atoms with Gasteiger partial charge in [0.25, 0.3) is 0 Å². The highest BCUT2D eigenvalue weighted by atomic mass is 19.1. The quantitative estimate of drug-likeness (QED) is 0.848. The number of hydrogen-bond acceptors (Lipinski definition) is 2. The summed E-state index contributed by atoms with van der Waals surface area (Å²) in [5, 5.41) is 11.3. The molecule has 0 aliphatic rings. The monoisotopic (exact) mass is 285 g/mol. The molecule has 0 saturated heterocycles. The van der Waals surface area contributed by atoms with Gasteiger partial charge in [0.05, 0.1) is 5.69 Å². The third kappa shape index (κ3) is 3.76. The lowest BCUT2D eigenvalue weighted by Crippen LogP contribution is -2.13. The normalized spacial score (nSPS) is 10.5. The maximum absolute atomic E-state index is 13.5. The van der Waals surface area contributed by atoms with Gasteiger partial charge in [0.15, 0.2) is 0 Å². The average Bonchev–Trinajstić information content (AvgIpc) is 2.46. The van der Waals surface area contributed by atoms with Crippen LogP contribution in [-0.2, 0) is 4.79 Å². The number of benzene rings is 2. The number of aromatic carboxylic acids is 1. The van der Waals surface area contributed by atoms with Crippen LogP contribution in [0.2, 0.25) is 0 Å². The number of carbonyl (C=O) groups is 2. The molecule has 0 atom stereocenters. The molecule has 0 bridgehead atoms. The highest BCUT2D eigenvalue weighted by molar-refractivity contribution is 6.06. The Morgan fingerprint density at radius 3 is 2.43 bits per heavy atom. The van der Waals surface area contributed by atoms with Crippen LogP contribution in [0.25, 0.3) is 6.08 Å². The number of nitrogens with one attached hydrogen (secondary N) is 1. The van der Waals surface area contributed by atoms with Crippen molar-refractivity contribution in [2.75, 3.05) is 5.32 Å². The summed E-state index contributed by atoms with van der Waals surface area (Å²) in [5.41, 5.74) is 0.189. The molecule has 0 saturated carbocycles. The maximum Gasteiger partial charge on any atom is 0.340 e. The first-order valence-electron chi connectivity index (χ1n) is 6.14. The minimum Gasteiger partial charge on any atom is -0.478 e. The lowest BCUT2D eigenvalue weighted by Gasteiger charge is -2.07. The van der Waals surface area contributed by atoms with Gasteiger partial charge >= 0.3 is 5.97 Å². The Balaban J connectivity index is 2.15. The average molecular weight is 285 g/mol. The molecule has 0 aliphatic heterocycles. The highest BCUT2D eigenvalue weighted by Crippen LogP contribution is 2.19. The molecule has 0 aliphatic carbocycles. The fraction of sp³-hybridized carbons (Fsp3) is 0. The van der Waals surface area contributed by atoms with E-state index < -0.39 is 23.3 Å². The van der Waals surface area contributed by atoms with E-state index in [1.807, 2.05) is 30.3 Å². The molecule has 0 radical (unpaired) electrons. The number of carboxylic acid groups (broad SMARTS) is 1. The lowest BCUT2D eigenvalue weighted by atomic mass is 10.1. The number of anilines is 1. The molecule has 0 spiro atoms. The molecule has 1 amide bonds. The largest absolute Gasteiger partial charge is 0.478 e. The van der Waals surface area contributed by atoms with Crippen LogP contribution in [0.4, 0.5) is 10.1 Å². The molecule has 106 valence electrons. The molecule has 21 heavy (non-hydrogen) atoms. The van der Waals surface area contributed by atoms with Crippen molar-refractivity contribution < 1.29 is 19.1 Å². The maximum atomic E-state index is 13.5. The molecule has 0 fully saturated rings. The summed E-state index contributed by atoms with van der Waals surface area (Å²) in [6.07, 6.45) is 2.83. The van der Waals surface area contributed by atoms with E-state index in [2.05, 4.69) is 5.32 Å². The zero-order valence-corrected chi connectivity index (χ0v) is 10.9. The van der Waals surface area contributed by atoms with Crippen LogP contribution in [0.5, 0.6) is 0 Å². The van der Waals surface area contributed by atoms with Crippen LogP contribution >= 0.6 is 0 Å². The van der Waals surface area contributed by atoms with E-state index in [1.165, 1.54) is 18.2 Å². The molecule has 0 unspecified atom stereocenters. The lowest BCUT2D eigenvalue weighted by molar-refractivity contribution is -0.111. The van der Waals surface area contributed by atoms with Crippen molar-refractivity contribution in [3.63, 3.8) is 0 Å². The van der Waals surface area contributed by atoms with Crippen LogP contribution < -0.4 is 5.32 Å². The van der Waals surface area contributed by atoms with Gasteiger partial charge in [-0.3, -0.25) is 4.79 Å². The van der Waals surface area contributed by atoms with E-state index in [0.29, 0.717) is 0 Å². The van der Waals surface area contributed by atoms with Crippen LogP contribution in [-0.4, -0.2) is 17.0 Å². The summed E-state index contributed by atoms with van der Waals surface area (Å²) in [6, 6.07) is 12.8. The van der Waals surface area contributed by atoms with Gasteiger partial charge in [-0.1, -0.05) is 36.4 Å². The second-order valence-electron chi connectivity index (χ2n) is 4.20. The third-order valence-electron chi connectivity index (χ3n) is 2.71. The van der Waals surface area contributed by atoms with Gasteiger partial charge in [0.2, 0.25) is 5.91 Å². The van der Waals surface area contributed by atoms with Crippen molar-refractivity contribution in [3.8, 4) is 0 Å². The predicted molar refractivity (Wildman–Crippen MR) is 77.5 cm³/mol. The second kappa shape index (κ2) is 6.47. The van der Waals surface area contributed by atoms with Crippen molar-refractivity contribution in [2.45, 2.75) is 0 Å². The fourth-order valence-electron chi connectivity index (χ4n) is 1.76. The smallest absolute Gasteiger partial charge is 0.340 e. The minimum atomic E-state index is -1.43. The Bertz CT molecular complexity index is 696. The standard InChI is InChI=1S/C16H12FNO3/c17-12-7-4-8-13(15(12)16(20)21)18-14(19)10-9-11-5-2-1-3-6-11/h1-10H,(H,18,19)(H,20,21)/b10-9+. The van der Waals surface area contributed by atoms with Gasteiger partial charge in [-0.25, -0.2) is 9.18 Å². The highest BCUT2D eigenvalue weighted by Gasteiger charge is 2.16. The summed E-state index contributed by atoms with van der Waals surface area (Å²) < 4.78 is 13.5. The summed E-state index contributed by atoms with van der Waals surface area (Å²) >= 11 is 0. The van der Waals surface area contributed by atoms with Gasteiger partial charge in [-0.2, -0.15) is 0 Å². The summed E-state index contributed by atoms with van der Waals surface area (Å²) in [7, 11) is 0. The number of hydrogen-bond donors (Lipinski definition) is 2. The minimum absolute atomic E-state index is 0.0785. The first-order chi connectivity index (χ1) is 10.1. The Hall–Kier alpha value is -2.95. The van der Waals surface area contributed by atoms with Gasteiger partial charge in [-0.15, -0.1) is 0 Å². The number of halogens is 1. The molecule has 0 heterocycles. The second-order valence-corrected chi connectivity index (χ2v) is 4.20. The molecule has 4 nitrogen and oxygen atoms in total. The molecular formula is C16H12FNO3. The van der Waals surface area contributed by atoms with Gasteiger partial charge in [0, 0.05) is 6.08 Å². The molecular weight excluding hydrogens is 273 g/mol. The van der Waals surface area contributed by atoms with Gasteiger partial charge in [-0.05, 0) is 23.8 Å². The predicted octanol–water partition coefficient (Wildman–Crippen LogP) is 3.18. The van der Waals surface area contributed by atoms with Crippen molar-refractivity contribution in [1.29, 1.82) is 0 Å². The molecule has 0 aromatic heterocycles. The van der Waals surface area contributed by atoms with Crippen LogP contribution in [0, 0.1) is 5.82 Å². The van der Waals surface area contributed by atoms with Crippen molar-refractivity contribution in [2.24, 2.45) is 0 Å². The van der Waals surface area contributed by atoms with E-state index in [0.717, 1.165) is 11.6 Å². The van der Waals surface area contributed by atoms with E-state index >= 15 is 0 Å². The number of rotatable bonds is 4. The fourth-order valence-corrected chi connectivity index (χ4v) is 1.76. The van der Waals surface area contributed by atoms with Gasteiger partial charge in [0.1, 0.15) is 11.4 Å². The first kappa shape index (κ1) is 14.5. The van der Waals surface area contributed by atoms with Crippen LogP contribution in [0.15, 0.2) is 54.6 Å². The summed E-state index contributed by atoms with van der Waals surface area (Å²) in [6.45, 7) is 0. The Morgan fingerprint density at radius 1 is 1.05 bits per heavy atom. The zero-order valence-electron chi connectivity index (χ0n) is 10.9. The van der Waals surface area contributed by atoms with Crippen LogP contribution in [0.3, 0.4) is 0 Å². The van der Waals surface area contributed by atoms with E-state index in [9.17, 15) is 14.0 Å².